The van der Waals surface area contributed by atoms with Crippen molar-refractivity contribution in [2.24, 2.45) is 11.8 Å². The summed E-state index contributed by atoms with van der Waals surface area (Å²) in [6.07, 6.45) is 1.99. The highest BCUT2D eigenvalue weighted by Gasteiger charge is 2.40. The van der Waals surface area contributed by atoms with E-state index in [2.05, 4.69) is 28.1 Å². The summed E-state index contributed by atoms with van der Waals surface area (Å²) in [5.74, 6) is -1.34. The van der Waals surface area contributed by atoms with Crippen LogP contribution in [0, 0.1) is 11.8 Å². The SMILES string of the molecule is CNC(=O)[C@H](C(C)C)N1CCC(Cc2ccccc2)C[C@H](NC(=O)[C@H](CCNC(=O)c2ccccc2)SC(=O)CN2CCOCC2)C1=O. The van der Waals surface area contributed by atoms with Crippen molar-refractivity contribution in [3.05, 3.63) is 71.8 Å². The lowest BCUT2D eigenvalue weighted by Gasteiger charge is -2.34. The molecule has 2 aliphatic heterocycles. The Labute approximate surface area is 287 Å². The number of amides is 4. The summed E-state index contributed by atoms with van der Waals surface area (Å²) in [6, 6.07) is 17.2. The Morgan fingerprint density at radius 2 is 1.60 bits per heavy atom. The van der Waals surface area contributed by atoms with Gasteiger partial charge in [-0.15, -0.1) is 0 Å². The van der Waals surface area contributed by atoms with Gasteiger partial charge in [0.05, 0.1) is 25.0 Å². The molecule has 4 atom stereocenters. The molecule has 0 radical (unpaired) electrons. The van der Waals surface area contributed by atoms with E-state index in [1.165, 1.54) is 0 Å². The van der Waals surface area contributed by atoms with Gasteiger partial charge in [0, 0.05) is 38.8 Å². The molecule has 0 aliphatic carbocycles. The lowest BCUT2D eigenvalue weighted by atomic mass is 9.91. The topological polar surface area (TPSA) is 137 Å². The number of hydrogen-bond acceptors (Lipinski definition) is 8. The molecule has 2 aromatic rings. The van der Waals surface area contributed by atoms with Crippen LogP contribution in [0.2, 0.25) is 0 Å². The maximum absolute atomic E-state index is 14.2. The number of hydrogen-bond donors (Lipinski definition) is 3. The highest BCUT2D eigenvalue weighted by Crippen LogP contribution is 2.27. The van der Waals surface area contributed by atoms with Crippen molar-refractivity contribution in [2.45, 2.75) is 56.9 Å². The van der Waals surface area contributed by atoms with Crippen LogP contribution in [0.25, 0.3) is 0 Å². The smallest absolute Gasteiger partial charge is 0.251 e. The summed E-state index contributed by atoms with van der Waals surface area (Å²) in [7, 11) is 1.56. The maximum Gasteiger partial charge on any atom is 0.251 e. The van der Waals surface area contributed by atoms with Gasteiger partial charge in [0.25, 0.3) is 5.91 Å². The number of thioether (sulfide) groups is 1. The van der Waals surface area contributed by atoms with Crippen LogP contribution in [0.3, 0.4) is 0 Å². The van der Waals surface area contributed by atoms with E-state index in [-0.39, 0.29) is 54.2 Å². The molecule has 48 heavy (non-hydrogen) atoms. The van der Waals surface area contributed by atoms with Crippen molar-refractivity contribution in [1.29, 1.82) is 0 Å². The minimum atomic E-state index is -0.879. The number of carbonyl (C=O) groups excluding carboxylic acids is 5. The monoisotopic (exact) mass is 679 g/mol. The summed E-state index contributed by atoms with van der Waals surface area (Å²) in [6.45, 7) is 6.90. The molecule has 11 nitrogen and oxygen atoms in total. The van der Waals surface area contributed by atoms with E-state index in [4.69, 9.17) is 4.74 Å². The second kappa shape index (κ2) is 18.7. The van der Waals surface area contributed by atoms with Crippen molar-refractivity contribution in [2.75, 3.05) is 53.0 Å². The van der Waals surface area contributed by atoms with Crippen molar-refractivity contribution in [3.63, 3.8) is 0 Å². The van der Waals surface area contributed by atoms with Crippen molar-refractivity contribution >= 4 is 40.5 Å². The Hall–Kier alpha value is -3.74. The maximum atomic E-state index is 14.2. The number of carbonyl (C=O) groups is 5. The van der Waals surface area contributed by atoms with Gasteiger partial charge in [-0.2, -0.15) is 0 Å². The average molecular weight is 680 g/mol. The minimum absolute atomic E-state index is 0.0726. The molecule has 4 amide bonds. The van der Waals surface area contributed by atoms with E-state index in [0.29, 0.717) is 51.3 Å². The van der Waals surface area contributed by atoms with E-state index < -0.39 is 23.2 Å². The number of ether oxygens (including phenoxy) is 1. The minimum Gasteiger partial charge on any atom is -0.379 e. The highest BCUT2D eigenvalue weighted by atomic mass is 32.2. The molecule has 2 aliphatic rings. The Morgan fingerprint density at radius 1 is 0.938 bits per heavy atom. The van der Waals surface area contributed by atoms with Gasteiger partial charge in [0.2, 0.25) is 22.8 Å². The molecule has 3 N–H and O–H groups in total. The van der Waals surface area contributed by atoms with Crippen LogP contribution in [0.15, 0.2) is 60.7 Å². The Bertz CT molecular complexity index is 1370. The molecule has 260 valence electrons. The molecule has 12 heteroatoms. The molecule has 1 unspecified atom stereocenters. The van der Waals surface area contributed by atoms with Crippen LogP contribution in [-0.2, 0) is 30.3 Å². The third-order valence-corrected chi connectivity index (χ3v) is 9.97. The molecule has 0 bridgehead atoms. The fourth-order valence-corrected chi connectivity index (χ4v) is 7.31. The molecule has 2 aromatic carbocycles. The third-order valence-electron chi connectivity index (χ3n) is 8.85. The van der Waals surface area contributed by atoms with Crippen LogP contribution in [0.1, 0.15) is 49.0 Å². The number of likely N-dealkylation sites (N-methyl/N-ethyl adjacent to an activating group) is 1. The van der Waals surface area contributed by atoms with Crippen LogP contribution in [-0.4, -0.2) is 109 Å². The molecule has 0 spiro atoms. The number of morpholine rings is 1. The summed E-state index contributed by atoms with van der Waals surface area (Å²) >= 11 is 0.939. The first-order valence-electron chi connectivity index (χ1n) is 16.9. The second-order valence-electron chi connectivity index (χ2n) is 12.8. The van der Waals surface area contributed by atoms with E-state index in [1.54, 1.807) is 36.2 Å². The molecule has 0 saturated carbocycles. The zero-order chi connectivity index (χ0) is 34.5. The van der Waals surface area contributed by atoms with Crippen molar-refractivity contribution in [1.82, 2.24) is 25.8 Å². The number of nitrogens with zero attached hydrogens (tertiary/aromatic N) is 2. The highest BCUT2D eigenvalue weighted by molar-refractivity contribution is 8.14. The fourth-order valence-electron chi connectivity index (χ4n) is 6.32. The van der Waals surface area contributed by atoms with Gasteiger partial charge in [-0.3, -0.25) is 28.9 Å². The molecule has 2 fully saturated rings. The number of rotatable bonds is 14. The van der Waals surface area contributed by atoms with Gasteiger partial charge in [-0.05, 0) is 55.2 Å². The molecule has 0 aromatic heterocycles. The van der Waals surface area contributed by atoms with E-state index in [9.17, 15) is 24.0 Å². The first-order valence-corrected chi connectivity index (χ1v) is 17.7. The predicted molar refractivity (Wildman–Crippen MR) is 186 cm³/mol. The lowest BCUT2D eigenvalue weighted by Crippen LogP contribution is -2.57. The quantitative estimate of drug-likeness (QED) is 0.277. The van der Waals surface area contributed by atoms with Gasteiger partial charge in [-0.25, -0.2) is 0 Å². The van der Waals surface area contributed by atoms with Gasteiger partial charge in [-0.1, -0.05) is 74.1 Å². The van der Waals surface area contributed by atoms with Crippen LogP contribution < -0.4 is 16.0 Å². The standard InChI is InChI=1S/C36H49N5O6S/c1-25(2)32(35(45)37-3)41-17-15-27(22-26-10-6-4-7-11-26)23-29(36(41)46)39-34(44)30(48-31(42)24-40-18-20-47-21-19-40)14-16-38-33(43)28-12-8-5-9-13-28/h4-13,25,27,29-30,32H,14-24H2,1-3H3,(H,37,45)(H,38,43)(H,39,44)/t27?,29-,30-,32-/m0/s1. The molecule has 2 saturated heterocycles. The Kier molecular flexibility index (Phi) is 14.5. The fraction of sp³-hybridized carbons (Fsp3) is 0.528. The van der Waals surface area contributed by atoms with Gasteiger partial charge in [0.1, 0.15) is 12.1 Å². The number of likely N-dealkylation sites (tertiary alicyclic amines) is 1. The van der Waals surface area contributed by atoms with Gasteiger partial charge in [0.15, 0.2) is 0 Å². The first-order chi connectivity index (χ1) is 23.2. The van der Waals surface area contributed by atoms with E-state index in [0.717, 1.165) is 23.7 Å². The zero-order valence-electron chi connectivity index (χ0n) is 28.2. The summed E-state index contributed by atoms with van der Waals surface area (Å²) < 4.78 is 5.40. The molecular weight excluding hydrogens is 630 g/mol. The summed E-state index contributed by atoms with van der Waals surface area (Å²) in [4.78, 5) is 70.8. The molecule has 2 heterocycles. The van der Waals surface area contributed by atoms with E-state index in [1.807, 2.05) is 43.0 Å². The van der Waals surface area contributed by atoms with E-state index >= 15 is 0 Å². The second-order valence-corrected chi connectivity index (χ2v) is 14.0. The lowest BCUT2D eigenvalue weighted by molar-refractivity contribution is -0.144. The largest absolute Gasteiger partial charge is 0.379 e. The van der Waals surface area contributed by atoms with Gasteiger partial charge >= 0.3 is 0 Å². The first kappa shape index (κ1) is 37.1. The van der Waals surface area contributed by atoms with Crippen molar-refractivity contribution in [3.8, 4) is 0 Å². The summed E-state index contributed by atoms with van der Waals surface area (Å²) in [5.41, 5.74) is 1.63. The normalized spacial score (nSPS) is 20.0. The number of benzene rings is 2. The van der Waals surface area contributed by atoms with Crippen LogP contribution >= 0.6 is 11.8 Å². The summed E-state index contributed by atoms with van der Waals surface area (Å²) in [5, 5.41) is 7.56. The zero-order valence-corrected chi connectivity index (χ0v) is 29.0. The van der Waals surface area contributed by atoms with Crippen molar-refractivity contribution < 1.29 is 28.7 Å². The third kappa shape index (κ3) is 10.9. The Morgan fingerprint density at radius 3 is 2.25 bits per heavy atom. The van der Waals surface area contributed by atoms with Gasteiger partial charge < -0.3 is 25.6 Å². The number of nitrogens with one attached hydrogen (secondary N) is 3. The van der Waals surface area contributed by atoms with Crippen LogP contribution in [0.5, 0.6) is 0 Å². The average Bonchev–Trinajstić information content (AvgIpc) is 3.23. The predicted octanol–water partition coefficient (Wildman–Crippen LogP) is 2.50. The van der Waals surface area contributed by atoms with Crippen LogP contribution in [0.4, 0.5) is 0 Å². The molecule has 4 rings (SSSR count). The molecular formula is C36H49N5O6S. The Balaban J connectivity index is 1.53.